The lowest BCUT2D eigenvalue weighted by Gasteiger charge is -2.17. The number of rotatable bonds is 5. The van der Waals surface area contributed by atoms with Crippen molar-refractivity contribution in [3.05, 3.63) is 212 Å². The highest BCUT2D eigenvalue weighted by atomic mass is 15.1. The van der Waals surface area contributed by atoms with Gasteiger partial charge < -0.3 is 9.13 Å². The van der Waals surface area contributed by atoms with Gasteiger partial charge in [-0.3, -0.25) is 0 Å². The fraction of sp³-hybridized carbons (Fsp3) is 0. The Hall–Kier alpha value is -8.41. The van der Waals surface area contributed by atoms with Crippen LogP contribution in [0.5, 0.6) is 0 Å². The Morgan fingerprint density at radius 3 is 1.52 bits per heavy atom. The first-order valence-electron chi connectivity index (χ1n) is 21.0. The molecule has 0 aliphatic heterocycles. The summed E-state index contributed by atoms with van der Waals surface area (Å²) in [6, 6.07) is 75.7. The predicted molar refractivity (Wildman–Crippen MR) is 257 cm³/mol. The molecule has 10 aromatic carbocycles. The highest BCUT2D eigenvalue weighted by molar-refractivity contribution is 6.15. The summed E-state index contributed by atoms with van der Waals surface area (Å²) in [5.41, 5.74) is 9.46. The molecule has 0 spiro atoms. The number of benzene rings is 10. The van der Waals surface area contributed by atoms with E-state index in [1.165, 1.54) is 32.3 Å². The van der Waals surface area contributed by atoms with Gasteiger partial charge in [-0.1, -0.05) is 146 Å². The molecule has 62 heavy (non-hydrogen) atoms. The van der Waals surface area contributed by atoms with Crippen molar-refractivity contribution in [2.75, 3.05) is 0 Å². The Labute approximate surface area is 356 Å². The van der Waals surface area contributed by atoms with E-state index in [4.69, 9.17) is 15.0 Å². The van der Waals surface area contributed by atoms with Crippen LogP contribution >= 0.6 is 0 Å². The van der Waals surface area contributed by atoms with E-state index in [-0.39, 0.29) is 0 Å². The topological polar surface area (TPSA) is 48.5 Å². The maximum atomic E-state index is 5.50. The van der Waals surface area contributed by atoms with Crippen LogP contribution in [0.2, 0.25) is 0 Å². The van der Waals surface area contributed by atoms with Crippen LogP contribution in [-0.4, -0.2) is 24.1 Å². The second-order valence-electron chi connectivity index (χ2n) is 16.0. The summed E-state index contributed by atoms with van der Waals surface area (Å²) in [5, 5.41) is 11.6. The van der Waals surface area contributed by atoms with Crippen molar-refractivity contribution in [2.45, 2.75) is 0 Å². The predicted octanol–water partition coefficient (Wildman–Crippen LogP) is 14.5. The summed E-state index contributed by atoms with van der Waals surface area (Å²) >= 11 is 0. The van der Waals surface area contributed by atoms with Crippen molar-refractivity contribution >= 4 is 75.9 Å². The van der Waals surface area contributed by atoms with Gasteiger partial charge in [0.15, 0.2) is 17.5 Å². The Kier molecular flexibility index (Phi) is 7.54. The first-order chi connectivity index (χ1) is 30.7. The molecular weight excluding hydrogens is 755 g/mol. The molecule has 3 aromatic heterocycles. The van der Waals surface area contributed by atoms with Crippen LogP contribution in [0.4, 0.5) is 0 Å². The first-order valence-corrected chi connectivity index (χ1v) is 21.0. The van der Waals surface area contributed by atoms with Gasteiger partial charge >= 0.3 is 0 Å². The molecule has 0 fully saturated rings. The van der Waals surface area contributed by atoms with Crippen LogP contribution in [0.15, 0.2) is 212 Å². The van der Waals surface area contributed by atoms with Crippen LogP contribution < -0.4 is 0 Å². The summed E-state index contributed by atoms with van der Waals surface area (Å²) in [5.74, 6) is 1.85. The summed E-state index contributed by atoms with van der Waals surface area (Å²) in [4.78, 5) is 16.3. The zero-order valence-electron chi connectivity index (χ0n) is 33.4. The number of nitrogens with zero attached hydrogens (tertiary/aromatic N) is 5. The van der Waals surface area contributed by atoms with E-state index in [0.29, 0.717) is 17.5 Å². The molecule has 0 amide bonds. The minimum absolute atomic E-state index is 0.614. The smallest absolute Gasteiger partial charge is 0.166 e. The number of para-hydroxylation sites is 3. The molecular formula is C57H35N5. The summed E-state index contributed by atoms with van der Waals surface area (Å²) in [6.07, 6.45) is 0. The Bertz CT molecular complexity index is 3930. The van der Waals surface area contributed by atoms with Gasteiger partial charge in [-0.2, -0.15) is 0 Å². The summed E-state index contributed by atoms with van der Waals surface area (Å²) < 4.78 is 4.74. The largest absolute Gasteiger partial charge is 0.309 e. The Morgan fingerprint density at radius 1 is 0.274 bits per heavy atom. The fourth-order valence-corrected chi connectivity index (χ4v) is 9.64. The van der Waals surface area contributed by atoms with Crippen molar-refractivity contribution in [1.82, 2.24) is 24.1 Å². The standard InChI is InChI=1S/C57H35N5/c1-2-19-43(20-3-1)61-49-24-12-10-22-45(49)47-34-42(29-30-51(47)61)56-58-55(41-27-26-36-14-4-5-16-38(36)32-41)59-57(60-56)54-44-21-9-8-15-37(44)28-31-52(54)62-50-25-13-11-23-46(50)48-33-39-17-6-7-18-40(39)35-53(48)62/h1-35H. The summed E-state index contributed by atoms with van der Waals surface area (Å²) in [6.45, 7) is 0. The molecule has 0 N–H and O–H groups in total. The summed E-state index contributed by atoms with van der Waals surface area (Å²) in [7, 11) is 0. The van der Waals surface area contributed by atoms with E-state index in [2.05, 4.69) is 221 Å². The van der Waals surface area contributed by atoms with Gasteiger partial charge in [-0.15, -0.1) is 0 Å². The van der Waals surface area contributed by atoms with Gasteiger partial charge in [-0.05, 0) is 99.0 Å². The lowest BCUT2D eigenvalue weighted by Crippen LogP contribution is -2.04. The molecule has 5 nitrogen and oxygen atoms in total. The van der Waals surface area contributed by atoms with Crippen molar-refractivity contribution in [3.8, 4) is 45.5 Å². The van der Waals surface area contributed by atoms with E-state index in [1.807, 2.05) is 0 Å². The zero-order chi connectivity index (χ0) is 40.7. The number of hydrogen-bond acceptors (Lipinski definition) is 3. The minimum atomic E-state index is 0.614. The van der Waals surface area contributed by atoms with Gasteiger partial charge in [0.1, 0.15) is 0 Å². The third kappa shape index (κ3) is 5.32. The second-order valence-corrected chi connectivity index (χ2v) is 16.0. The number of fused-ring (bicyclic) bond motifs is 9. The zero-order valence-corrected chi connectivity index (χ0v) is 33.4. The Balaban J connectivity index is 1.11. The van der Waals surface area contributed by atoms with Crippen LogP contribution in [0.3, 0.4) is 0 Å². The lowest BCUT2D eigenvalue weighted by molar-refractivity contribution is 1.07. The van der Waals surface area contributed by atoms with Crippen molar-refractivity contribution in [1.29, 1.82) is 0 Å². The maximum absolute atomic E-state index is 5.50. The second kappa shape index (κ2) is 13.6. The molecule has 0 saturated carbocycles. The average molecular weight is 790 g/mol. The van der Waals surface area contributed by atoms with Gasteiger partial charge in [0.05, 0.1) is 33.3 Å². The van der Waals surface area contributed by atoms with Crippen LogP contribution in [0, 0.1) is 0 Å². The highest BCUT2D eigenvalue weighted by Gasteiger charge is 2.23. The maximum Gasteiger partial charge on any atom is 0.166 e. The average Bonchev–Trinajstić information content (AvgIpc) is 3.84. The van der Waals surface area contributed by atoms with Crippen molar-refractivity contribution < 1.29 is 0 Å². The van der Waals surface area contributed by atoms with Gasteiger partial charge in [-0.25, -0.2) is 15.0 Å². The van der Waals surface area contributed by atoms with E-state index < -0.39 is 0 Å². The van der Waals surface area contributed by atoms with Crippen molar-refractivity contribution in [2.24, 2.45) is 0 Å². The molecule has 0 saturated heterocycles. The quantitative estimate of drug-likeness (QED) is 0.174. The molecule has 0 aliphatic carbocycles. The van der Waals surface area contributed by atoms with Gasteiger partial charge in [0.2, 0.25) is 0 Å². The number of aromatic nitrogens is 5. The molecule has 5 heteroatoms. The van der Waals surface area contributed by atoms with E-state index in [0.717, 1.165) is 71.7 Å². The van der Waals surface area contributed by atoms with E-state index >= 15 is 0 Å². The molecule has 0 aliphatic rings. The van der Waals surface area contributed by atoms with Crippen LogP contribution in [0.1, 0.15) is 0 Å². The third-order valence-corrected chi connectivity index (χ3v) is 12.5. The van der Waals surface area contributed by atoms with Crippen LogP contribution in [-0.2, 0) is 0 Å². The number of hydrogen-bond donors (Lipinski definition) is 0. The monoisotopic (exact) mass is 789 g/mol. The molecule has 0 unspecified atom stereocenters. The highest BCUT2D eigenvalue weighted by Crippen LogP contribution is 2.41. The lowest BCUT2D eigenvalue weighted by atomic mass is 10.0. The molecule has 0 radical (unpaired) electrons. The molecule has 13 aromatic rings. The molecule has 3 heterocycles. The SMILES string of the molecule is c1ccc(-n2c3ccccc3c3cc(-c4nc(-c5ccc6ccccc6c5)nc(-c5c(-n6c7ccccc7c7cc8ccccc8cc76)ccc6ccccc56)n4)ccc32)cc1. The molecule has 288 valence electrons. The minimum Gasteiger partial charge on any atom is -0.309 e. The van der Waals surface area contributed by atoms with Gasteiger partial charge in [0.25, 0.3) is 0 Å². The first kappa shape index (κ1) is 34.5. The van der Waals surface area contributed by atoms with Gasteiger partial charge in [0, 0.05) is 38.4 Å². The fourth-order valence-electron chi connectivity index (χ4n) is 9.64. The Morgan fingerprint density at radius 2 is 0.774 bits per heavy atom. The van der Waals surface area contributed by atoms with E-state index in [1.54, 1.807) is 0 Å². The van der Waals surface area contributed by atoms with Crippen molar-refractivity contribution in [3.63, 3.8) is 0 Å². The molecule has 13 rings (SSSR count). The molecule has 0 atom stereocenters. The van der Waals surface area contributed by atoms with Crippen LogP contribution in [0.25, 0.3) is 121 Å². The van der Waals surface area contributed by atoms with E-state index in [9.17, 15) is 0 Å². The normalized spacial score (nSPS) is 11.9. The molecule has 0 bridgehead atoms. The third-order valence-electron chi connectivity index (χ3n) is 12.5.